The summed E-state index contributed by atoms with van der Waals surface area (Å²) in [6.07, 6.45) is -3.01. The molecule has 4 aromatic rings. The van der Waals surface area contributed by atoms with Gasteiger partial charge in [-0.2, -0.15) is 23.4 Å². The predicted molar refractivity (Wildman–Crippen MR) is 147 cm³/mol. The Labute approximate surface area is 237 Å². The Morgan fingerprint density at radius 3 is 2.36 bits per heavy atom. The summed E-state index contributed by atoms with van der Waals surface area (Å²) in [5.74, 6) is -2.31. The molecule has 3 N–H and O–H groups in total. The monoisotopic (exact) mass is 579 g/mol. The molecule has 5 rings (SSSR count). The van der Waals surface area contributed by atoms with Gasteiger partial charge in [-0.1, -0.05) is 35.9 Å². The Balaban J connectivity index is 1.68. The number of nitriles is 1. The molecular formula is C30H25F4N5O3. The molecule has 1 fully saturated rings. The number of pyridine rings is 1. The van der Waals surface area contributed by atoms with Gasteiger partial charge < -0.3 is 20.4 Å². The molecule has 12 heteroatoms. The van der Waals surface area contributed by atoms with Gasteiger partial charge in [-0.25, -0.2) is 4.39 Å². The number of nitrogens with zero attached hydrogens (tertiary/aromatic N) is 2. The van der Waals surface area contributed by atoms with Crippen molar-refractivity contribution in [2.24, 2.45) is 0 Å². The highest BCUT2D eigenvalue weighted by atomic mass is 19.4. The summed E-state index contributed by atoms with van der Waals surface area (Å²) >= 11 is 0. The van der Waals surface area contributed by atoms with E-state index in [0.717, 1.165) is 18.1 Å². The van der Waals surface area contributed by atoms with Crippen LogP contribution in [0.2, 0.25) is 0 Å². The molecule has 0 spiro atoms. The largest absolute Gasteiger partial charge is 0.437 e. The number of aryl methyl sites for hydroxylation is 1. The van der Waals surface area contributed by atoms with Crippen molar-refractivity contribution >= 4 is 28.7 Å². The highest BCUT2D eigenvalue weighted by Gasteiger charge is 2.39. The lowest BCUT2D eigenvalue weighted by Crippen LogP contribution is -2.52. The zero-order chi connectivity index (χ0) is 30.2. The van der Waals surface area contributed by atoms with Crippen LogP contribution < -0.4 is 16.0 Å². The highest BCUT2D eigenvalue weighted by Crippen LogP contribution is 2.39. The number of furan rings is 1. The maximum atomic E-state index is 14.8. The minimum Gasteiger partial charge on any atom is -0.437 e. The number of carbonyl (C=O) groups is 2. The second kappa shape index (κ2) is 10.8. The number of anilines is 1. The van der Waals surface area contributed by atoms with Gasteiger partial charge in [0.2, 0.25) is 5.71 Å². The lowest BCUT2D eigenvalue weighted by molar-refractivity contribution is -0.115. The van der Waals surface area contributed by atoms with E-state index in [9.17, 15) is 32.4 Å². The van der Waals surface area contributed by atoms with Crippen molar-refractivity contribution < 1.29 is 31.6 Å². The van der Waals surface area contributed by atoms with Crippen LogP contribution in [0.3, 0.4) is 0 Å². The number of fused-ring (bicyclic) bond motifs is 1. The molecule has 0 bridgehead atoms. The van der Waals surface area contributed by atoms with Crippen LogP contribution in [0.1, 0.15) is 45.5 Å². The molecule has 2 heterocycles. The number of rotatable bonds is 7. The van der Waals surface area contributed by atoms with Crippen molar-refractivity contribution in [2.75, 3.05) is 18.9 Å². The van der Waals surface area contributed by atoms with Crippen LogP contribution in [-0.4, -0.2) is 42.1 Å². The molecule has 0 radical (unpaired) electrons. The van der Waals surface area contributed by atoms with E-state index >= 15 is 0 Å². The minimum absolute atomic E-state index is 0.0702. The molecule has 0 atom stereocenters. The number of carbonyl (C=O) groups excluding carboxylic acids is 2. The van der Waals surface area contributed by atoms with E-state index in [1.807, 2.05) is 19.1 Å². The van der Waals surface area contributed by atoms with Crippen LogP contribution in [0.15, 0.2) is 52.9 Å². The van der Waals surface area contributed by atoms with Crippen molar-refractivity contribution in [1.82, 2.24) is 15.6 Å². The molecule has 216 valence electrons. The third-order valence-corrected chi connectivity index (χ3v) is 7.20. The van der Waals surface area contributed by atoms with Crippen molar-refractivity contribution in [2.45, 2.75) is 37.9 Å². The van der Waals surface area contributed by atoms with Crippen LogP contribution in [0.4, 0.5) is 23.4 Å². The number of benzene rings is 2. The Bertz CT molecular complexity index is 1740. The van der Waals surface area contributed by atoms with E-state index in [2.05, 4.69) is 27.0 Å². The van der Waals surface area contributed by atoms with Gasteiger partial charge >= 0.3 is 6.18 Å². The molecule has 1 aliphatic rings. The van der Waals surface area contributed by atoms with Crippen molar-refractivity contribution in [3.63, 3.8) is 0 Å². The number of hydrogen-bond acceptors (Lipinski definition) is 6. The van der Waals surface area contributed by atoms with E-state index in [0.29, 0.717) is 18.4 Å². The molecule has 1 saturated carbocycles. The van der Waals surface area contributed by atoms with Gasteiger partial charge in [0, 0.05) is 18.2 Å². The third kappa shape index (κ3) is 5.50. The Kier molecular flexibility index (Phi) is 7.36. The summed E-state index contributed by atoms with van der Waals surface area (Å²) in [4.78, 5) is 30.3. The van der Waals surface area contributed by atoms with Gasteiger partial charge in [0.1, 0.15) is 29.5 Å². The summed E-state index contributed by atoms with van der Waals surface area (Å²) in [5.41, 5.74) is 0.255. The maximum absolute atomic E-state index is 14.8. The summed E-state index contributed by atoms with van der Waals surface area (Å²) in [6, 6.07) is 14.1. The van der Waals surface area contributed by atoms with E-state index in [1.54, 1.807) is 12.1 Å². The first-order valence-corrected chi connectivity index (χ1v) is 13.0. The van der Waals surface area contributed by atoms with Gasteiger partial charge in [0.15, 0.2) is 0 Å². The molecule has 2 amide bonds. The smallest absolute Gasteiger partial charge is 0.405 e. The topological polar surface area (TPSA) is 120 Å². The molecular weight excluding hydrogens is 554 g/mol. The van der Waals surface area contributed by atoms with Gasteiger partial charge in [-0.05, 0) is 49.9 Å². The molecule has 2 aromatic heterocycles. The molecule has 42 heavy (non-hydrogen) atoms. The number of halogens is 4. The van der Waals surface area contributed by atoms with Crippen LogP contribution in [0.25, 0.3) is 33.6 Å². The quantitative estimate of drug-likeness (QED) is 0.227. The Hall–Kier alpha value is -4.92. The van der Waals surface area contributed by atoms with Crippen molar-refractivity contribution in [3.05, 3.63) is 71.0 Å². The second-order valence-electron chi connectivity index (χ2n) is 10.2. The molecule has 0 aliphatic heterocycles. The lowest BCUT2D eigenvalue weighted by Gasteiger charge is -2.35. The van der Waals surface area contributed by atoms with E-state index in [-0.39, 0.29) is 39.4 Å². The number of hydrogen-bond donors (Lipinski definition) is 3. The molecule has 8 nitrogen and oxygen atoms in total. The maximum Gasteiger partial charge on any atom is 0.405 e. The summed E-state index contributed by atoms with van der Waals surface area (Å²) in [7, 11) is 1.43. The number of nitrogens with one attached hydrogen (secondary N) is 3. The first-order valence-electron chi connectivity index (χ1n) is 13.0. The predicted octanol–water partition coefficient (Wildman–Crippen LogP) is 6.12. The van der Waals surface area contributed by atoms with Gasteiger partial charge in [0.05, 0.1) is 22.6 Å². The first kappa shape index (κ1) is 28.6. The Morgan fingerprint density at radius 2 is 1.76 bits per heavy atom. The fraction of sp³-hybridized carbons (Fsp3) is 0.267. The highest BCUT2D eigenvalue weighted by molar-refractivity contribution is 6.11. The van der Waals surface area contributed by atoms with Crippen molar-refractivity contribution in [3.8, 4) is 28.5 Å². The summed E-state index contributed by atoms with van der Waals surface area (Å²) < 4.78 is 60.4. The molecule has 1 aliphatic carbocycles. The average molecular weight is 580 g/mol. The molecule has 2 aromatic carbocycles. The van der Waals surface area contributed by atoms with Crippen molar-refractivity contribution in [1.29, 1.82) is 5.26 Å². The zero-order valence-electron chi connectivity index (χ0n) is 22.6. The van der Waals surface area contributed by atoms with E-state index in [1.165, 1.54) is 25.2 Å². The van der Waals surface area contributed by atoms with Crippen LogP contribution >= 0.6 is 0 Å². The lowest BCUT2D eigenvalue weighted by atomic mass is 9.78. The summed E-state index contributed by atoms with van der Waals surface area (Å²) in [6.45, 7) is 0.448. The fourth-order valence-corrected chi connectivity index (χ4v) is 4.77. The van der Waals surface area contributed by atoms with Crippen LogP contribution in [-0.2, 0) is 0 Å². The Morgan fingerprint density at radius 1 is 1.07 bits per heavy atom. The van der Waals surface area contributed by atoms with Gasteiger partial charge in [-0.15, -0.1) is 0 Å². The van der Waals surface area contributed by atoms with Gasteiger partial charge in [0.25, 0.3) is 11.8 Å². The molecule has 0 saturated heterocycles. The second-order valence-corrected chi connectivity index (χ2v) is 10.2. The SMILES string of the molecule is CNC(=O)c1c(-c2ccc(C)cc2)oc2nc(NCC(F)(F)F)c(-c3ccc(F)c(C(=O)NC4(C#N)CCC4)c3)cc12. The van der Waals surface area contributed by atoms with E-state index < -0.39 is 41.5 Å². The van der Waals surface area contributed by atoms with Crippen LogP contribution in [0, 0.1) is 24.1 Å². The minimum atomic E-state index is -4.60. The fourth-order valence-electron chi connectivity index (χ4n) is 4.77. The number of alkyl halides is 3. The van der Waals surface area contributed by atoms with Crippen LogP contribution in [0.5, 0.6) is 0 Å². The average Bonchev–Trinajstić information content (AvgIpc) is 3.31. The normalized spacial score (nSPS) is 14.1. The number of amides is 2. The first-order chi connectivity index (χ1) is 19.9. The van der Waals surface area contributed by atoms with Gasteiger partial charge in [-0.3, -0.25) is 9.59 Å². The molecule has 0 unspecified atom stereocenters. The number of aromatic nitrogens is 1. The zero-order valence-corrected chi connectivity index (χ0v) is 22.6. The summed E-state index contributed by atoms with van der Waals surface area (Å²) in [5, 5.41) is 17.1. The third-order valence-electron chi connectivity index (χ3n) is 7.20. The van der Waals surface area contributed by atoms with E-state index in [4.69, 9.17) is 4.42 Å². The standard InChI is InChI=1S/C30H25F4N5O3/c1-16-4-6-17(7-5-16)24-23(27(41)36-2)21-13-19(25(38-28(21)42-24)37-15-30(32,33)34)18-8-9-22(31)20(12-18)26(40)39-29(14-35)10-3-11-29/h4-9,12-13H,3,10-11,15H2,1-2H3,(H,36,41)(H,37,38)(H,39,40).